The Morgan fingerprint density at radius 1 is 1.43 bits per heavy atom. The minimum atomic E-state index is -0.374. The molecule has 2 rings (SSSR count). The molecule has 0 aliphatic rings. The molecule has 0 aliphatic heterocycles. The second-order valence-electron chi connectivity index (χ2n) is 4.84. The predicted molar refractivity (Wildman–Crippen MR) is 83.2 cm³/mol. The monoisotopic (exact) mass is 307 g/mol. The summed E-state index contributed by atoms with van der Waals surface area (Å²) in [5, 5.41) is 14.7. The highest BCUT2D eigenvalue weighted by molar-refractivity contribution is 7.12. The number of hydrogen-bond acceptors (Lipinski definition) is 4. The molecule has 1 aromatic carbocycles. The van der Waals surface area contributed by atoms with Crippen LogP contribution in [0, 0.1) is 12.7 Å². The number of thiophene rings is 1. The van der Waals surface area contributed by atoms with Crippen molar-refractivity contribution in [2.24, 2.45) is 10.9 Å². The average molecular weight is 307 g/mol. The Morgan fingerprint density at radius 3 is 2.76 bits per heavy atom. The van der Waals surface area contributed by atoms with Crippen LogP contribution in [0.3, 0.4) is 0 Å². The Bertz CT molecular complexity index is 654. The summed E-state index contributed by atoms with van der Waals surface area (Å²) in [6.45, 7) is 4.53. The van der Waals surface area contributed by atoms with Gasteiger partial charge in [0, 0.05) is 33.5 Å². The first-order valence-corrected chi connectivity index (χ1v) is 7.39. The highest BCUT2D eigenvalue weighted by Gasteiger charge is 2.10. The number of benzene rings is 1. The van der Waals surface area contributed by atoms with E-state index in [1.54, 1.807) is 23.5 Å². The molecule has 21 heavy (non-hydrogen) atoms. The van der Waals surface area contributed by atoms with Gasteiger partial charge < -0.3 is 16.3 Å². The minimum Gasteiger partial charge on any atom is -0.409 e. The van der Waals surface area contributed by atoms with Gasteiger partial charge >= 0.3 is 0 Å². The Kier molecular flexibility index (Phi) is 4.93. The molecule has 1 unspecified atom stereocenters. The summed E-state index contributed by atoms with van der Waals surface area (Å²) in [5.74, 6) is -0.475. The standard InChI is InChI=1S/C15H18FN3OS/c1-9-3-6-14(21-9)10(2)18-8-12-5-4-11(7-13(12)16)15(17)19-20/h3-7,10,18,20H,8H2,1-2H3,(H2,17,19). The van der Waals surface area contributed by atoms with E-state index in [0.717, 1.165) is 0 Å². The molecule has 0 fully saturated rings. The molecule has 6 heteroatoms. The van der Waals surface area contributed by atoms with Crippen LogP contribution in [0.1, 0.15) is 33.8 Å². The highest BCUT2D eigenvalue weighted by Crippen LogP contribution is 2.22. The second kappa shape index (κ2) is 6.69. The van der Waals surface area contributed by atoms with E-state index in [9.17, 15) is 4.39 Å². The Balaban J connectivity index is 2.03. The molecule has 0 saturated carbocycles. The van der Waals surface area contributed by atoms with E-state index in [4.69, 9.17) is 10.9 Å². The van der Waals surface area contributed by atoms with Crippen molar-refractivity contribution in [3.8, 4) is 0 Å². The average Bonchev–Trinajstić information content (AvgIpc) is 2.91. The summed E-state index contributed by atoms with van der Waals surface area (Å²) in [6.07, 6.45) is 0. The molecule has 112 valence electrons. The molecule has 1 atom stereocenters. The maximum absolute atomic E-state index is 14.0. The molecule has 0 radical (unpaired) electrons. The lowest BCUT2D eigenvalue weighted by molar-refractivity contribution is 0.318. The van der Waals surface area contributed by atoms with E-state index in [-0.39, 0.29) is 17.7 Å². The smallest absolute Gasteiger partial charge is 0.170 e. The van der Waals surface area contributed by atoms with E-state index in [2.05, 4.69) is 29.5 Å². The van der Waals surface area contributed by atoms with Crippen LogP contribution < -0.4 is 11.1 Å². The van der Waals surface area contributed by atoms with Crippen molar-refractivity contribution in [2.45, 2.75) is 26.4 Å². The molecule has 4 nitrogen and oxygen atoms in total. The molecular formula is C15H18FN3OS. The number of halogens is 1. The SMILES string of the molecule is Cc1ccc(C(C)NCc2ccc(C(N)=NO)cc2F)s1. The van der Waals surface area contributed by atoms with Crippen molar-refractivity contribution in [1.29, 1.82) is 0 Å². The number of rotatable bonds is 5. The molecular weight excluding hydrogens is 289 g/mol. The van der Waals surface area contributed by atoms with Crippen LogP contribution in [0.25, 0.3) is 0 Å². The first-order chi connectivity index (χ1) is 10.0. The Morgan fingerprint density at radius 2 is 2.19 bits per heavy atom. The van der Waals surface area contributed by atoms with Crippen molar-refractivity contribution in [3.05, 3.63) is 57.0 Å². The highest BCUT2D eigenvalue weighted by atomic mass is 32.1. The zero-order chi connectivity index (χ0) is 15.4. The molecule has 4 N–H and O–H groups in total. The summed E-state index contributed by atoms with van der Waals surface area (Å²) < 4.78 is 14.0. The molecule has 0 bridgehead atoms. The van der Waals surface area contributed by atoms with Gasteiger partial charge in [-0.25, -0.2) is 4.39 Å². The van der Waals surface area contributed by atoms with Gasteiger partial charge in [-0.15, -0.1) is 11.3 Å². The molecule has 0 spiro atoms. The van der Waals surface area contributed by atoms with Crippen LogP contribution >= 0.6 is 11.3 Å². The van der Waals surface area contributed by atoms with Gasteiger partial charge in [0.15, 0.2) is 5.84 Å². The lowest BCUT2D eigenvalue weighted by Crippen LogP contribution is -2.19. The summed E-state index contributed by atoms with van der Waals surface area (Å²) in [6, 6.07) is 8.86. The van der Waals surface area contributed by atoms with Gasteiger partial charge in [-0.05, 0) is 32.0 Å². The van der Waals surface area contributed by atoms with Crippen LogP contribution in [-0.4, -0.2) is 11.0 Å². The van der Waals surface area contributed by atoms with Crippen molar-refractivity contribution in [3.63, 3.8) is 0 Å². The third-order valence-electron chi connectivity index (χ3n) is 3.24. The van der Waals surface area contributed by atoms with Crippen LogP contribution in [0.15, 0.2) is 35.5 Å². The van der Waals surface area contributed by atoms with Gasteiger partial charge in [0.05, 0.1) is 0 Å². The van der Waals surface area contributed by atoms with Crippen LogP contribution in [0.2, 0.25) is 0 Å². The zero-order valence-electron chi connectivity index (χ0n) is 11.9. The molecule has 2 aromatic rings. The summed E-state index contributed by atoms with van der Waals surface area (Å²) in [5.41, 5.74) is 6.34. The fourth-order valence-corrected chi connectivity index (χ4v) is 2.86. The predicted octanol–water partition coefficient (Wildman–Crippen LogP) is 3.14. The van der Waals surface area contributed by atoms with Crippen molar-refractivity contribution in [1.82, 2.24) is 5.32 Å². The Labute approximate surface area is 127 Å². The lowest BCUT2D eigenvalue weighted by atomic mass is 10.1. The number of amidine groups is 1. The normalized spacial score (nSPS) is 13.4. The molecule has 0 amide bonds. The number of nitrogens with zero attached hydrogens (tertiary/aromatic N) is 1. The third-order valence-corrected chi connectivity index (χ3v) is 4.43. The fraction of sp³-hybridized carbons (Fsp3) is 0.267. The number of nitrogens with one attached hydrogen (secondary N) is 1. The van der Waals surface area contributed by atoms with Crippen LogP contribution in [0.5, 0.6) is 0 Å². The first-order valence-electron chi connectivity index (χ1n) is 6.57. The quantitative estimate of drug-likeness (QED) is 0.344. The first kappa shape index (κ1) is 15.5. The second-order valence-corrected chi connectivity index (χ2v) is 6.16. The van der Waals surface area contributed by atoms with E-state index in [1.807, 2.05) is 6.92 Å². The van der Waals surface area contributed by atoms with E-state index < -0.39 is 0 Å². The topological polar surface area (TPSA) is 70.6 Å². The number of nitrogens with two attached hydrogens (primary N) is 1. The molecule has 1 aromatic heterocycles. The fourth-order valence-electron chi connectivity index (χ4n) is 1.96. The molecule has 1 heterocycles. The largest absolute Gasteiger partial charge is 0.409 e. The van der Waals surface area contributed by atoms with Crippen LogP contribution in [-0.2, 0) is 6.54 Å². The number of aryl methyl sites for hydroxylation is 1. The number of hydrogen-bond donors (Lipinski definition) is 3. The van der Waals surface area contributed by atoms with Crippen molar-refractivity contribution < 1.29 is 9.60 Å². The maximum atomic E-state index is 14.0. The van der Waals surface area contributed by atoms with E-state index >= 15 is 0 Å². The summed E-state index contributed by atoms with van der Waals surface area (Å²) in [7, 11) is 0. The number of oxime groups is 1. The zero-order valence-corrected chi connectivity index (χ0v) is 12.7. The summed E-state index contributed by atoms with van der Waals surface area (Å²) >= 11 is 1.73. The third kappa shape index (κ3) is 3.80. The van der Waals surface area contributed by atoms with Gasteiger partial charge in [0.2, 0.25) is 0 Å². The van der Waals surface area contributed by atoms with Crippen LogP contribution in [0.4, 0.5) is 4.39 Å². The molecule has 0 saturated heterocycles. The lowest BCUT2D eigenvalue weighted by Gasteiger charge is -2.13. The van der Waals surface area contributed by atoms with Gasteiger partial charge in [-0.3, -0.25) is 0 Å². The van der Waals surface area contributed by atoms with Gasteiger partial charge in [-0.1, -0.05) is 17.3 Å². The van der Waals surface area contributed by atoms with Crippen molar-refractivity contribution >= 4 is 17.2 Å². The van der Waals surface area contributed by atoms with Gasteiger partial charge in [-0.2, -0.15) is 0 Å². The maximum Gasteiger partial charge on any atom is 0.170 e. The van der Waals surface area contributed by atoms with Crippen molar-refractivity contribution in [2.75, 3.05) is 0 Å². The minimum absolute atomic E-state index is 0.101. The molecule has 0 aliphatic carbocycles. The van der Waals surface area contributed by atoms with Gasteiger partial charge in [0.1, 0.15) is 5.82 Å². The van der Waals surface area contributed by atoms with Gasteiger partial charge in [0.25, 0.3) is 0 Å². The Hall–Kier alpha value is -1.92. The van der Waals surface area contributed by atoms with E-state index in [1.165, 1.54) is 15.8 Å². The van der Waals surface area contributed by atoms with E-state index in [0.29, 0.717) is 17.7 Å². The summed E-state index contributed by atoms with van der Waals surface area (Å²) in [4.78, 5) is 2.48.